The van der Waals surface area contributed by atoms with Gasteiger partial charge in [0.05, 0.1) is 23.9 Å². The summed E-state index contributed by atoms with van der Waals surface area (Å²) in [4.78, 5) is 19.3. The summed E-state index contributed by atoms with van der Waals surface area (Å²) in [5.74, 6) is 1.35. The van der Waals surface area contributed by atoms with Crippen LogP contribution in [-0.4, -0.2) is 72.9 Å². The third kappa shape index (κ3) is 5.85. The molecule has 0 bridgehead atoms. The van der Waals surface area contributed by atoms with Gasteiger partial charge in [-0.2, -0.15) is 9.97 Å². The van der Waals surface area contributed by atoms with Crippen molar-refractivity contribution in [2.75, 3.05) is 45.9 Å². The molecule has 0 fully saturated rings. The van der Waals surface area contributed by atoms with Crippen LogP contribution in [0.15, 0.2) is 78.1 Å². The molecule has 0 spiro atoms. The summed E-state index contributed by atoms with van der Waals surface area (Å²) in [6, 6.07) is 16.4. The molecule has 212 valence electrons. The van der Waals surface area contributed by atoms with Crippen LogP contribution in [0.5, 0.6) is 5.75 Å². The van der Waals surface area contributed by atoms with E-state index in [1.54, 1.807) is 43.8 Å². The van der Waals surface area contributed by atoms with Crippen LogP contribution in [0.3, 0.4) is 0 Å². The minimum Gasteiger partial charge on any atom is -0.495 e. The molecule has 3 heterocycles. The number of ether oxygens (including phenoxy) is 1. The molecule has 5 aromatic rings. The summed E-state index contributed by atoms with van der Waals surface area (Å²) < 4.78 is 33.1. The number of H-pyrrole nitrogens is 1. The summed E-state index contributed by atoms with van der Waals surface area (Å²) in [5.41, 5.74) is 4.40. The molecule has 0 aliphatic heterocycles. The molecule has 0 unspecified atom stereocenters. The number of aromatic nitrogens is 4. The van der Waals surface area contributed by atoms with Crippen molar-refractivity contribution in [3.05, 3.63) is 78.8 Å². The number of anilines is 4. The monoisotopic (exact) mass is 572 g/mol. The van der Waals surface area contributed by atoms with Crippen molar-refractivity contribution >= 4 is 44.2 Å². The predicted molar refractivity (Wildman–Crippen MR) is 161 cm³/mol. The molecule has 0 saturated heterocycles. The molecule has 0 saturated carbocycles. The fraction of sp³-hybridized carbons (Fsp3) is 0.207. The summed E-state index contributed by atoms with van der Waals surface area (Å²) in [6.45, 7) is 0.744. The molecule has 5 rings (SSSR count). The molecule has 12 heteroatoms. The van der Waals surface area contributed by atoms with Crippen LogP contribution in [0, 0.1) is 0 Å². The number of nitrogens with one attached hydrogen (secondary N) is 3. The number of hydrogen-bond acceptors (Lipinski definition) is 9. The zero-order valence-corrected chi connectivity index (χ0v) is 24.3. The second-order valence-corrected chi connectivity index (χ2v) is 12.0. The van der Waals surface area contributed by atoms with Crippen LogP contribution in [0.1, 0.15) is 5.56 Å². The van der Waals surface area contributed by atoms with Crippen molar-refractivity contribution in [1.82, 2.24) is 29.1 Å². The maximum atomic E-state index is 13.1. The zero-order valence-electron chi connectivity index (χ0n) is 23.5. The number of hydrogen-bond donors (Lipinski definition) is 3. The van der Waals surface area contributed by atoms with Gasteiger partial charge in [-0.05, 0) is 50.0 Å². The van der Waals surface area contributed by atoms with E-state index in [2.05, 4.69) is 25.5 Å². The highest BCUT2D eigenvalue weighted by Gasteiger charge is 2.23. The lowest BCUT2D eigenvalue weighted by Gasteiger charge is -2.18. The van der Waals surface area contributed by atoms with Gasteiger partial charge >= 0.3 is 0 Å². The van der Waals surface area contributed by atoms with Crippen LogP contribution in [0.25, 0.3) is 22.2 Å². The van der Waals surface area contributed by atoms with Gasteiger partial charge in [-0.3, -0.25) is 4.98 Å². The summed E-state index contributed by atoms with van der Waals surface area (Å²) in [5, 5.41) is 7.28. The molecule has 0 radical (unpaired) electrons. The summed E-state index contributed by atoms with van der Waals surface area (Å²) >= 11 is 0. The average molecular weight is 573 g/mol. The Morgan fingerprint density at radius 1 is 0.951 bits per heavy atom. The molecule has 0 aliphatic rings. The fourth-order valence-electron chi connectivity index (χ4n) is 4.49. The summed E-state index contributed by atoms with van der Waals surface area (Å²) in [6.07, 6.45) is 5.30. The van der Waals surface area contributed by atoms with Gasteiger partial charge in [0.1, 0.15) is 22.1 Å². The normalized spacial score (nSPS) is 11.8. The first-order chi connectivity index (χ1) is 19.7. The van der Waals surface area contributed by atoms with E-state index in [1.165, 1.54) is 18.4 Å². The van der Waals surface area contributed by atoms with E-state index in [9.17, 15) is 8.42 Å². The maximum absolute atomic E-state index is 13.1. The standard InChI is InChI=1S/C29H32N8O3S/c1-36(2)18-19-12-13-24(40-5)23(15-19)33-29-34-27-26(21(17-31-27)20-9-8-14-30-16-20)28(35-29)32-22-10-6-7-11-25(22)41(38,39)37(3)4/h6-17H,18H2,1-5H3,(H3,31,32,33,34,35). The van der Waals surface area contributed by atoms with Crippen LogP contribution in [-0.2, 0) is 16.6 Å². The predicted octanol–water partition coefficient (Wildman–Crippen LogP) is 4.83. The van der Waals surface area contributed by atoms with Crippen molar-refractivity contribution in [2.45, 2.75) is 11.4 Å². The molecule has 0 atom stereocenters. The van der Waals surface area contributed by atoms with Gasteiger partial charge < -0.3 is 25.3 Å². The number of benzene rings is 2. The van der Waals surface area contributed by atoms with Gasteiger partial charge in [0.2, 0.25) is 16.0 Å². The number of rotatable bonds is 10. The third-order valence-corrected chi connectivity index (χ3v) is 8.29. The number of pyridine rings is 1. The molecule has 2 aromatic carbocycles. The topological polar surface area (TPSA) is 128 Å². The first kappa shape index (κ1) is 28.0. The van der Waals surface area contributed by atoms with Gasteiger partial charge in [-0.15, -0.1) is 0 Å². The average Bonchev–Trinajstić information content (AvgIpc) is 3.38. The first-order valence-corrected chi connectivity index (χ1v) is 14.3. The Bertz CT molecular complexity index is 1790. The molecule has 3 N–H and O–H groups in total. The Morgan fingerprint density at radius 2 is 1.76 bits per heavy atom. The highest BCUT2D eigenvalue weighted by Crippen LogP contribution is 2.37. The van der Waals surface area contributed by atoms with Crippen molar-refractivity contribution < 1.29 is 13.2 Å². The zero-order chi connectivity index (χ0) is 29.1. The van der Waals surface area contributed by atoms with Crippen molar-refractivity contribution in [3.63, 3.8) is 0 Å². The van der Waals surface area contributed by atoms with Crippen LogP contribution >= 0.6 is 0 Å². The number of methoxy groups -OCH3 is 1. The highest BCUT2D eigenvalue weighted by molar-refractivity contribution is 7.89. The van der Waals surface area contributed by atoms with Crippen molar-refractivity contribution in [1.29, 1.82) is 0 Å². The Labute approximate surface area is 239 Å². The lowest BCUT2D eigenvalue weighted by Crippen LogP contribution is -2.23. The SMILES string of the molecule is COc1ccc(CN(C)C)cc1Nc1nc(Nc2ccccc2S(=O)(=O)N(C)C)c2c(-c3cccnc3)c[nH]c2n1. The molecule has 0 amide bonds. The fourth-order valence-corrected chi connectivity index (χ4v) is 5.53. The van der Waals surface area contributed by atoms with Crippen LogP contribution in [0.2, 0.25) is 0 Å². The number of fused-ring (bicyclic) bond motifs is 1. The largest absolute Gasteiger partial charge is 0.495 e. The van der Waals surface area contributed by atoms with Crippen LogP contribution in [0.4, 0.5) is 23.1 Å². The smallest absolute Gasteiger partial charge is 0.244 e. The molecule has 11 nitrogen and oxygen atoms in total. The number of sulfonamides is 1. The quantitative estimate of drug-likeness (QED) is 0.216. The van der Waals surface area contributed by atoms with Crippen molar-refractivity contribution in [3.8, 4) is 16.9 Å². The highest BCUT2D eigenvalue weighted by atomic mass is 32.2. The Hall–Kier alpha value is -4.52. The maximum Gasteiger partial charge on any atom is 0.244 e. The van der Waals surface area contributed by atoms with E-state index in [-0.39, 0.29) is 4.90 Å². The van der Waals surface area contributed by atoms with Gasteiger partial charge in [0.15, 0.2) is 0 Å². The van der Waals surface area contributed by atoms with Crippen molar-refractivity contribution in [2.24, 2.45) is 0 Å². The number of aromatic amines is 1. The van der Waals surface area contributed by atoms with Gasteiger partial charge in [0.25, 0.3) is 0 Å². The molecular formula is C29H32N8O3S. The molecule has 3 aromatic heterocycles. The van der Waals surface area contributed by atoms with E-state index in [1.807, 2.05) is 50.6 Å². The van der Waals surface area contributed by atoms with Gasteiger partial charge in [0, 0.05) is 50.4 Å². The molecule has 41 heavy (non-hydrogen) atoms. The third-order valence-electron chi connectivity index (χ3n) is 6.41. The minimum absolute atomic E-state index is 0.128. The lowest BCUT2D eigenvalue weighted by molar-refractivity contribution is 0.400. The van der Waals surface area contributed by atoms with Gasteiger partial charge in [-0.25, -0.2) is 12.7 Å². The van der Waals surface area contributed by atoms with E-state index < -0.39 is 10.0 Å². The van der Waals surface area contributed by atoms with Gasteiger partial charge in [-0.1, -0.05) is 24.3 Å². The number of para-hydroxylation sites is 1. The van der Waals surface area contributed by atoms with E-state index in [0.29, 0.717) is 39.9 Å². The molecule has 0 aliphatic carbocycles. The molecular weight excluding hydrogens is 540 g/mol. The first-order valence-electron chi connectivity index (χ1n) is 12.8. The lowest BCUT2D eigenvalue weighted by atomic mass is 10.1. The Morgan fingerprint density at radius 3 is 2.46 bits per heavy atom. The second kappa shape index (κ2) is 11.5. The van der Waals surface area contributed by atoms with E-state index in [4.69, 9.17) is 14.7 Å². The second-order valence-electron chi connectivity index (χ2n) is 9.87. The Kier molecular flexibility index (Phi) is 7.88. The Balaban J connectivity index is 1.66. The summed E-state index contributed by atoms with van der Waals surface area (Å²) in [7, 11) is 4.88. The number of nitrogens with zero attached hydrogens (tertiary/aromatic N) is 5. The van der Waals surface area contributed by atoms with Crippen LogP contribution < -0.4 is 15.4 Å². The van der Waals surface area contributed by atoms with E-state index >= 15 is 0 Å². The van der Waals surface area contributed by atoms with E-state index in [0.717, 1.165) is 23.2 Å². The minimum atomic E-state index is -3.74.